The first-order valence-corrected chi connectivity index (χ1v) is 12.5. The van der Waals surface area contributed by atoms with Gasteiger partial charge in [-0.1, -0.05) is 30.3 Å². The maximum atomic E-state index is 11.8. The van der Waals surface area contributed by atoms with E-state index >= 15 is 0 Å². The number of aromatic carboxylic acids is 1. The summed E-state index contributed by atoms with van der Waals surface area (Å²) in [5.41, 5.74) is 2.03. The van der Waals surface area contributed by atoms with E-state index in [2.05, 4.69) is 5.32 Å². The number of carboxylic acid groups (broad SMARTS) is 1. The number of alkyl halides is 1. The normalized spacial score (nSPS) is 24.3. The molecule has 11 heteroatoms. The summed E-state index contributed by atoms with van der Waals surface area (Å²) in [7, 11) is 0. The molecule has 0 amide bonds. The van der Waals surface area contributed by atoms with E-state index in [9.17, 15) is 30.1 Å². The summed E-state index contributed by atoms with van der Waals surface area (Å²) in [5.74, 6) is -1.58. The van der Waals surface area contributed by atoms with E-state index in [1.54, 1.807) is 48.5 Å². The highest BCUT2D eigenvalue weighted by Crippen LogP contribution is 2.58. The lowest BCUT2D eigenvalue weighted by molar-refractivity contribution is -0.387. The number of nitrogens with one attached hydrogen (secondary N) is 1. The third-order valence-corrected chi connectivity index (χ3v) is 8.98. The van der Waals surface area contributed by atoms with Gasteiger partial charge in [0.2, 0.25) is 0 Å². The van der Waals surface area contributed by atoms with Crippen LogP contribution in [-0.2, 0) is 0 Å². The van der Waals surface area contributed by atoms with E-state index < -0.39 is 27.2 Å². The van der Waals surface area contributed by atoms with Crippen LogP contribution in [0.25, 0.3) is 0 Å². The van der Waals surface area contributed by atoms with Crippen molar-refractivity contribution in [3.05, 3.63) is 104 Å². The minimum Gasteiger partial charge on any atom is -0.478 e. The van der Waals surface area contributed by atoms with Gasteiger partial charge in [-0.2, -0.15) is 0 Å². The Morgan fingerprint density at radius 2 is 1.64 bits per heavy atom. The Bertz CT molecular complexity index is 1390. The van der Waals surface area contributed by atoms with Gasteiger partial charge in [0.1, 0.15) is 0 Å². The average molecular weight is 526 g/mol. The van der Waals surface area contributed by atoms with Gasteiger partial charge in [0.05, 0.1) is 37.3 Å². The lowest BCUT2D eigenvalue weighted by Gasteiger charge is -2.38. The Labute approximate surface area is 214 Å². The first-order valence-electron chi connectivity index (χ1n) is 11.2. The van der Waals surface area contributed by atoms with Crippen LogP contribution in [-0.4, -0.2) is 31.5 Å². The Morgan fingerprint density at radius 1 is 0.972 bits per heavy atom. The molecule has 1 fully saturated rings. The molecular weight excluding hydrogens is 506 g/mol. The molecule has 0 saturated heterocycles. The highest BCUT2D eigenvalue weighted by molar-refractivity contribution is 8.00. The number of para-hydroxylation sites is 2. The molecule has 184 valence electrons. The Kier molecular flexibility index (Phi) is 6.31. The van der Waals surface area contributed by atoms with Crippen LogP contribution in [0.15, 0.2) is 71.6 Å². The molecule has 3 aromatic rings. The smallest absolute Gasteiger partial charge is 0.335 e. The number of nitro benzene ring substituents is 2. The lowest BCUT2D eigenvalue weighted by atomic mass is 9.76. The van der Waals surface area contributed by atoms with Crippen molar-refractivity contribution in [1.29, 1.82) is 0 Å². The van der Waals surface area contributed by atoms with E-state index in [0.29, 0.717) is 22.6 Å². The summed E-state index contributed by atoms with van der Waals surface area (Å²) in [5, 5.41) is 35.6. The predicted molar refractivity (Wildman–Crippen MR) is 136 cm³/mol. The van der Waals surface area contributed by atoms with E-state index in [1.807, 2.05) is 0 Å². The molecule has 1 saturated carbocycles. The first kappa shape index (κ1) is 24.1. The van der Waals surface area contributed by atoms with E-state index in [-0.39, 0.29) is 34.0 Å². The zero-order chi connectivity index (χ0) is 25.6. The topological polar surface area (TPSA) is 136 Å². The molecular formula is C25H20ClN3O6S. The van der Waals surface area contributed by atoms with Gasteiger partial charge in [-0.3, -0.25) is 20.2 Å². The second-order valence-electron chi connectivity index (χ2n) is 8.80. The average Bonchev–Trinajstić information content (AvgIpc) is 3.19. The molecule has 0 bridgehead atoms. The molecule has 1 aliphatic carbocycles. The lowest BCUT2D eigenvalue weighted by Crippen LogP contribution is -2.31. The summed E-state index contributed by atoms with van der Waals surface area (Å²) in [6.45, 7) is 0. The molecule has 5 atom stereocenters. The van der Waals surface area contributed by atoms with Crippen molar-refractivity contribution in [2.24, 2.45) is 5.92 Å². The van der Waals surface area contributed by atoms with E-state index in [0.717, 1.165) is 5.56 Å². The Balaban J connectivity index is 1.60. The van der Waals surface area contributed by atoms with Crippen molar-refractivity contribution in [2.75, 3.05) is 5.32 Å². The van der Waals surface area contributed by atoms with Crippen LogP contribution >= 0.6 is 23.4 Å². The molecule has 0 unspecified atom stereocenters. The SMILES string of the molecule is O=C(O)c1ccc2c(c1)[C@@H]1[C@H](Cl)[C@H](Sc3ccccc3[N+](=O)[O-])C[C@H]1[C@H](c1ccccc1[N+](=O)[O-])N2. The van der Waals surface area contributed by atoms with Gasteiger partial charge < -0.3 is 10.4 Å². The van der Waals surface area contributed by atoms with Crippen LogP contribution in [0, 0.1) is 26.1 Å². The number of carbonyl (C=O) groups is 1. The van der Waals surface area contributed by atoms with Crippen LogP contribution in [0.4, 0.5) is 17.1 Å². The third-order valence-electron chi connectivity index (χ3n) is 6.87. The molecule has 9 nitrogen and oxygen atoms in total. The summed E-state index contributed by atoms with van der Waals surface area (Å²) >= 11 is 8.37. The number of fused-ring (bicyclic) bond motifs is 3. The van der Waals surface area contributed by atoms with Crippen LogP contribution < -0.4 is 5.32 Å². The number of halogens is 1. The predicted octanol–water partition coefficient (Wildman–Crippen LogP) is 6.24. The van der Waals surface area contributed by atoms with Crippen molar-refractivity contribution < 1.29 is 19.7 Å². The van der Waals surface area contributed by atoms with Gasteiger partial charge in [0.15, 0.2) is 0 Å². The van der Waals surface area contributed by atoms with Crippen molar-refractivity contribution in [3.8, 4) is 0 Å². The fraction of sp³-hybridized carbons (Fsp3) is 0.240. The van der Waals surface area contributed by atoms with Crippen LogP contribution in [0.3, 0.4) is 0 Å². The summed E-state index contributed by atoms with van der Waals surface area (Å²) in [4.78, 5) is 34.7. The second-order valence-corrected chi connectivity index (χ2v) is 10.6. The third kappa shape index (κ3) is 4.16. The van der Waals surface area contributed by atoms with Crippen molar-refractivity contribution >= 4 is 46.4 Å². The molecule has 36 heavy (non-hydrogen) atoms. The van der Waals surface area contributed by atoms with Gasteiger partial charge in [-0.25, -0.2) is 4.79 Å². The number of carboxylic acids is 1. The van der Waals surface area contributed by atoms with Gasteiger partial charge in [0, 0.05) is 29.0 Å². The van der Waals surface area contributed by atoms with Crippen LogP contribution in [0.2, 0.25) is 0 Å². The number of hydrogen-bond donors (Lipinski definition) is 2. The number of nitrogens with zero attached hydrogens (tertiary/aromatic N) is 2. The number of thioether (sulfide) groups is 1. The molecule has 5 rings (SSSR count). The molecule has 1 aliphatic heterocycles. The van der Waals surface area contributed by atoms with E-state index in [1.165, 1.54) is 30.0 Å². The van der Waals surface area contributed by atoms with Gasteiger partial charge in [0.25, 0.3) is 11.4 Å². The van der Waals surface area contributed by atoms with Gasteiger partial charge >= 0.3 is 5.97 Å². The van der Waals surface area contributed by atoms with Crippen LogP contribution in [0.1, 0.15) is 39.9 Å². The number of benzene rings is 3. The molecule has 3 aromatic carbocycles. The van der Waals surface area contributed by atoms with Crippen molar-refractivity contribution in [3.63, 3.8) is 0 Å². The van der Waals surface area contributed by atoms with Gasteiger partial charge in [-0.05, 0) is 42.2 Å². The fourth-order valence-corrected chi connectivity index (χ4v) is 7.29. The zero-order valence-corrected chi connectivity index (χ0v) is 20.2. The number of hydrogen-bond acceptors (Lipinski definition) is 7. The minimum absolute atomic E-state index is 0.0109. The second kappa shape index (κ2) is 9.44. The molecule has 2 N–H and O–H groups in total. The summed E-state index contributed by atoms with van der Waals surface area (Å²) < 4.78 is 0. The Hall–Kier alpha value is -3.63. The standard InChI is InChI=1S/C25H20ClN3O6S/c26-23-21(36-20-8-4-3-7-19(20)29(34)35)12-16-22(23)15-11-13(25(30)31)9-10-17(15)27-24(16)14-5-1-2-6-18(14)28(32)33/h1-11,16,21-24,27H,12H2,(H,30,31)/t16-,21-,22+,23-,24+/m1/s1. The number of anilines is 1. The Morgan fingerprint density at radius 3 is 2.33 bits per heavy atom. The van der Waals surface area contributed by atoms with Crippen molar-refractivity contribution in [2.45, 2.75) is 33.9 Å². The molecule has 2 aliphatic rings. The minimum atomic E-state index is -1.06. The highest BCUT2D eigenvalue weighted by atomic mass is 35.5. The number of nitro groups is 2. The summed E-state index contributed by atoms with van der Waals surface area (Å²) in [6, 6.07) is 17.3. The molecule has 1 heterocycles. The first-order chi connectivity index (χ1) is 17.3. The maximum absolute atomic E-state index is 11.8. The largest absolute Gasteiger partial charge is 0.478 e. The van der Waals surface area contributed by atoms with Crippen molar-refractivity contribution in [1.82, 2.24) is 0 Å². The van der Waals surface area contributed by atoms with Crippen LogP contribution in [0.5, 0.6) is 0 Å². The summed E-state index contributed by atoms with van der Waals surface area (Å²) in [6.07, 6.45) is 0.524. The number of rotatable bonds is 6. The maximum Gasteiger partial charge on any atom is 0.335 e. The quantitative estimate of drug-likeness (QED) is 0.219. The molecule has 0 aromatic heterocycles. The molecule has 0 radical (unpaired) electrons. The zero-order valence-electron chi connectivity index (χ0n) is 18.6. The fourth-order valence-electron chi connectivity index (χ4n) is 5.34. The monoisotopic (exact) mass is 525 g/mol. The molecule has 0 spiro atoms. The highest BCUT2D eigenvalue weighted by Gasteiger charge is 2.51. The van der Waals surface area contributed by atoms with Gasteiger partial charge in [-0.15, -0.1) is 23.4 Å². The van der Waals surface area contributed by atoms with E-state index in [4.69, 9.17) is 11.6 Å².